The average Bonchev–Trinajstić information content (AvgIpc) is 1.33. The van der Waals surface area contributed by atoms with E-state index in [9.17, 15) is 0 Å². The minimum atomic E-state index is 1.42. The molecule has 0 spiro atoms. The van der Waals surface area contributed by atoms with Crippen LogP contribution in [0.4, 0.5) is 0 Å². The zero-order valence-electron chi connectivity index (χ0n) is 6.08. The van der Waals surface area contributed by atoms with Crippen LogP contribution in [-0.4, -0.2) is 35.2 Å². The molecule has 0 aliphatic heterocycles. The van der Waals surface area contributed by atoms with Crippen LogP contribution in [0.2, 0.25) is 0 Å². The topological polar surface area (TPSA) is 21.1 Å². The number of hydrogen-bond donors (Lipinski definition) is 2. The molecule has 7 heavy (non-hydrogen) atoms. The Morgan fingerprint density at radius 2 is 1.00 bits per heavy atom. The zero-order valence-corrected chi connectivity index (χ0v) is 6.08. The summed E-state index contributed by atoms with van der Waals surface area (Å²) < 4.78 is 0. The van der Waals surface area contributed by atoms with E-state index in [1.165, 1.54) is 4.90 Å². The number of nitrogens with one attached hydrogen (secondary N) is 1. The third kappa shape index (κ3) is 14200. The third-order valence-electron chi connectivity index (χ3n) is 0. The highest BCUT2D eigenvalue weighted by Gasteiger charge is 1.61. The quantitative estimate of drug-likeness (QED) is 0.343. The SMILES string of the molecule is C[NH+](C)C.C[NH2+]C. The van der Waals surface area contributed by atoms with Crippen molar-refractivity contribution in [2.24, 2.45) is 0 Å². The molecule has 0 amide bonds. The minimum Gasteiger partial charge on any atom is -0.351 e. The molecule has 0 aromatic carbocycles. The predicted molar refractivity (Wildman–Crippen MR) is 32.5 cm³/mol. The molecule has 2 heteroatoms. The zero-order chi connectivity index (χ0) is 6.28. The maximum Gasteiger partial charge on any atom is 0.0661 e. The molecule has 2 nitrogen and oxygen atoms in total. The van der Waals surface area contributed by atoms with E-state index in [0.29, 0.717) is 0 Å². The highest BCUT2D eigenvalue weighted by Crippen LogP contribution is 0.864. The fourth-order valence-corrected chi connectivity index (χ4v) is 0. The third-order valence-corrected chi connectivity index (χ3v) is 0. The van der Waals surface area contributed by atoms with E-state index in [-0.39, 0.29) is 0 Å². The van der Waals surface area contributed by atoms with Crippen molar-refractivity contribution in [3.63, 3.8) is 0 Å². The lowest BCUT2D eigenvalue weighted by Gasteiger charge is -1.88. The highest BCUT2D eigenvalue weighted by molar-refractivity contribution is 3.59. The van der Waals surface area contributed by atoms with Gasteiger partial charge >= 0.3 is 0 Å². The van der Waals surface area contributed by atoms with Crippen molar-refractivity contribution in [2.75, 3.05) is 35.2 Å². The minimum absolute atomic E-state index is 1.42. The van der Waals surface area contributed by atoms with E-state index < -0.39 is 0 Å². The second kappa shape index (κ2) is 9.33. The van der Waals surface area contributed by atoms with E-state index in [4.69, 9.17) is 0 Å². The molecule has 0 rings (SSSR count). The Labute approximate surface area is 46.5 Å². The largest absolute Gasteiger partial charge is 0.351 e. The second-order valence-electron chi connectivity index (χ2n) is 2.08. The van der Waals surface area contributed by atoms with Gasteiger partial charge in [-0.05, 0) is 0 Å². The summed E-state index contributed by atoms with van der Waals surface area (Å²) in [4.78, 5) is 1.42. The van der Waals surface area contributed by atoms with Crippen LogP contribution in [-0.2, 0) is 0 Å². The van der Waals surface area contributed by atoms with Crippen LogP contribution >= 0.6 is 0 Å². The second-order valence-corrected chi connectivity index (χ2v) is 2.08. The molecular formula is C5H18N2+2. The van der Waals surface area contributed by atoms with Crippen LogP contribution in [0.3, 0.4) is 0 Å². The van der Waals surface area contributed by atoms with Crippen molar-refractivity contribution in [3.05, 3.63) is 0 Å². The van der Waals surface area contributed by atoms with Gasteiger partial charge in [0.2, 0.25) is 0 Å². The summed E-state index contributed by atoms with van der Waals surface area (Å²) in [6.07, 6.45) is 0. The van der Waals surface area contributed by atoms with Crippen LogP contribution in [0.15, 0.2) is 0 Å². The van der Waals surface area contributed by atoms with Gasteiger partial charge in [-0.25, -0.2) is 0 Å². The fraction of sp³-hybridized carbons (Fsp3) is 1.00. The van der Waals surface area contributed by atoms with Crippen LogP contribution in [0, 0.1) is 0 Å². The molecule has 0 aromatic rings. The summed E-state index contributed by atoms with van der Waals surface area (Å²) in [6.45, 7) is 0. The van der Waals surface area contributed by atoms with Gasteiger partial charge in [0.25, 0.3) is 0 Å². The van der Waals surface area contributed by atoms with E-state index in [2.05, 4.69) is 21.1 Å². The first-order chi connectivity index (χ1) is 3.15. The molecule has 0 saturated carbocycles. The van der Waals surface area contributed by atoms with E-state index >= 15 is 0 Å². The van der Waals surface area contributed by atoms with Crippen molar-refractivity contribution in [1.29, 1.82) is 0 Å². The summed E-state index contributed by atoms with van der Waals surface area (Å²) in [5.41, 5.74) is 0. The molecule has 0 fully saturated rings. The van der Waals surface area contributed by atoms with Crippen LogP contribution in [0.1, 0.15) is 0 Å². The maximum atomic E-state index is 2.08. The number of quaternary nitrogens is 2. The molecule has 0 heterocycles. The lowest BCUT2D eigenvalue weighted by atomic mass is 11.0. The highest BCUT2D eigenvalue weighted by atomic mass is 15.0. The first-order valence-electron chi connectivity index (χ1n) is 2.65. The van der Waals surface area contributed by atoms with Crippen molar-refractivity contribution in [3.8, 4) is 0 Å². The van der Waals surface area contributed by atoms with Gasteiger partial charge in [0.05, 0.1) is 35.2 Å². The van der Waals surface area contributed by atoms with Gasteiger partial charge in [-0.15, -0.1) is 0 Å². The van der Waals surface area contributed by atoms with Crippen molar-refractivity contribution >= 4 is 0 Å². The van der Waals surface area contributed by atoms with Crippen LogP contribution in [0.5, 0.6) is 0 Å². The molecule has 46 valence electrons. The number of nitrogens with two attached hydrogens (primary N) is 1. The Balaban J connectivity index is 0. The Bertz CT molecular complexity index is 17.3. The van der Waals surface area contributed by atoms with Gasteiger partial charge in [-0.2, -0.15) is 0 Å². The Morgan fingerprint density at radius 3 is 1.00 bits per heavy atom. The first-order valence-corrected chi connectivity index (χ1v) is 2.65. The van der Waals surface area contributed by atoms with Gasteiger partial charge in [0.15, 0.2) is 0 Å². The predicted octanol–water partition coefficient (Wildman–Crippen LogP) is -2.43. The fourth-order valence-electron chi connectivity index (χ4n) is 0. The summed E-state index contributed by atoms with van der Waals surface area (Å²) in [7, 11) is 10.2. The van der Waals surface area contributed by atoms with Gasteiger partial charge in [-0.3, -0.25) is 0 Å². The van der Waals surface area contributed by atoms with Crippen LogP contribution in [0.25, 0.3) is 0 Å². The van der Waals surface area contributed by atoms with E-state index in [1.807, 2.05) is 19.4 Å². The van der Waals surface area contributed by atoms with Gasteiger partial charge in [0.1, 0.15) is 0 Å². The molecule has 0 aliphatic carbocycles. The monoisotopic (exact) mass is 106 g/mol. The smallest absolute Gasteiger partial charge is 0.0661 e. The lowest BCUT2D eigenvalue weighted by molar-refractivity contribution is -0.836. The maximum absolute atomic E-state index is 2.08. The van der Waals surface area contributed by atoms with E-state index in [1.54, 1.807) is 0 Å². The lowest BCUT2D eigenvalue weighted by Crippen LogP contribution is -3.02. The number of rotatable bonds is 0. The summed E-state index contributed by atoms with van der Waals surface area (Å²) in [6, 6.07) is 0. The molecule has 0 aromatic heterocycles. The molecule has 0 saturated heterocycles. The normalized spacial score (nSPS) is 7.71. The van der Waals surface area contributed by atoms with E-state index in [0.717, 1.165) is 0 Å². The standard InChI is InChI=1S/C3H9N.C2H7N/c1-4(2)3;1-3-2/h1-3H3;3H,1-2H3/p+2. The molecule has 0 bridgehead atoms. The Morgan fingerprint density at radius 1 is 1.00 bits per heavy atom. The summed E-state index contributed by atoms with van der Waals surface area (Å²) in [5, 5.41) is 2.00. The summed E-state index contributed by atoms with van der Waals surface area (Å²) >= 11 is 0. The molecule has 0 unspecified atom stereocenters. The van der Waals surface area contributed by atoms with Crippen molar-refractivity contribution in [1.82, 2.24) is 0 Å². The molecule has 0 radical (unpaired) electrons. The first kappa shape index (κ1) is 10.0. The molecule has 0 atom stereocenters. The molecule has 3 N–H and O–H groups in total. The average molecular weight is 106 g/mol. The van der Waals surface area contributed by atoms with Gasteiger partial charge in [-0.1, -0.05) is 0 Å². The Kier molecular flexibility index (Phi) is 13.3. The van der Waals surface area contributed by atoms with Crippen molar-refractivity contribution < 1.29 is 10.2 Å². The Hall–Kier alpha value is -0.0800. The summed E-state index contributed by atoms with van der Waals surface area (Å²) in [5.74, 6) is 0. The number of hydrogen-bond acceptors (Lipinski definition) is 0. The van der Waals surface area contributed by atoms with Crippen molar-refractivity contribution in [2.45, 2.75) is 0 Å². The van der Waals surface area contributed by atoms with Crippen LogP contribution < -0.4 is 10.2 Å². The molecule has 0 aliphatic rings. The van der Waals surface area contributed by atoms with Gasteiger partial charge < -0.3 is 10.2 Å². The van der Waals surface area contributed by atoms with Gasteiger partial charge in [0, 0.05) is 0 Å². The molecular weight excluding hydrogens is 88.1 g/mol.